The lowest BCUT2D eigenvalue weighted by Gasteiger charge is -2.28. The number of hydrogen-bond donors (Lipinski definition) is 2. The second kappa shape index (κ2) is 5.73. The summed E-state index contributed by atoms with van der Waals surface area (Å²) in [6, 6.07) is 10.5. The average Bonchev–Trinajstić information content (AvgIpc) is 2.53. The van der Waals surface area contributed by atoms with E-state index < -0.39 is 0 Å². The highest BCUT2D eigenvalue weighted by atomic mass is 14.7. The highest BCUT2D eigenvalue weighted by molar-refractivity contribution is 5.44. The van der Waals surface area contributed by atoms with Crippen molar-refractivity contribution < 1.29 is 0 Å². The van der Waals surface area contributed by atoms with Gasteiger partial charge in [-0.3, -0.25) is 4.98 Å². The van der Waals surface area contributed by atoms with Crippen LogP contribution < -0.4 is 11.5 Å². The molecule has 1 aliphatic carbocycles. The molecular weight excluding hydrogens is 246 g/mol. The predicted octanol–water partition coefficient (Wildman–Crippen LogP) is 2.47. The van der Waals surface area contributed by atoms with E-state index in [1.54, 1.807) is 0 Å². The number of benzene rings is 1. The summed E-state index contributed by atoms with van der Waals surface area (Å²) in [5.74, 6) is 0.346. The molecule has 1 aromatic carbocycles. The number of hydrogen-bond acceptors (Lipinski definition) is 3. The minimum absolute atomic E-state index is 0.346. The molecule has 3 rings (SSSR count). The molecule has 0 spiro atoms. The molecule has 0 saturated carbocycles. The highest BCUT2D eigenvalue weighted by Gasteiger charge is 2.26. The molecule has 2 aromatic rings. The molecule has 0 radical (unpaired) electrons. The Morgan fingerprint density at radius 2 is 1.80 bits per heavy atom. The number of fused-ring (bicyclic) bond motifs is 1. The van der Waals surface area contributed by atoms with E-state index in [4.69, 9.17) is 11.5 Å². The monoisotopic (exact) mass is 267 g/mol. The summed E-state index contributed by atoms with van der Waals surface area (Å²) in [7, 11) is 0. The highest BCUT2D eigenvalue weighted by Crippen LogP contribution is 2.38. The smallest absolute Gasteiger partial charge is 0.0510 e. The fraction of sp³-hybridized carbons (Fsp3) is 0.353. The minimum Gasteiger partial charge on any atom is -0.326 e. The molecule has 0 aliphatic heterocycles. The van der Waals surface area contributed by atoms with Crippen molar-refractivity contribution in [1.29, 1.82) is 0 Å². The van der Waals surface area contributed by atoms with Gasteiger partial charge in [0.25, 0.3) is 0 Å². The van der Waals surface area contributed by atoms with Crippen LogP contribution in [0.4, 0.5) is 0 Å². The summed E-state index contributed by atoms with van der Waals surface area (Å²) >= 11 is 0. The topological polar surface area (TPSA) is 64.9 Å². The lowest BCUT2D eigenvalue weighted by molar-refractivity contribution is 0.590. The molecule has 0 amide bonds. The van der Waals surface area contributed by atoms with Crippen LogP contribution in [0.3, 0.4) is 0 Å². The summed E-state index contributed by atoms with van der Waals surface area (Å²) < 4.78 is 0. The van der Waals surface area contributed by atoms with Crippen molar-refractivity contribution in [3.05, 3.63) is 64.5 Å². The molecule has 1 heterocycles. The maximum absolute atomic E-state index is 5.94. The Morgan fingerprint density at radius 3 is 2.50 bits per heavy atom. The van der Waals surface area contributed by atoms with Crippen LogP contribution in [0.5, 0.6) is 0 Å². The summed E-state index contributed by atoms with van der Waals surface area (Å²) in [5, 5.41) is 0. The van der Waals surface area contributed by atoms with Crippen LogP contribution in [0.15, 0.2) is 36.5 Å². The fourth-order valence-electron chi connectivity index (χ4n) is 3.36. The Balaban J connectivity index is 2.15. The van der Waals surface area contributed by atoms with E-state index in [0.29, 0.717) is 19.0 Å². The van der Waals surface area contributed by atoms with Crippen molar-refractivity contribution >= 4 is 0 Å². The number of nitrogens with two attached hydrogens (primary N) is 2. The van der Waals surface area contributed by atoms with Crippen molar-refractivity contribution in [2.45, 2.75) is 38.3 Å². The molecule has 104 valence electrons. The predicted molar refractivity (Wildman–Crippen MR) is 81.2 cm³/mol. The van der Waals surface area contributed by atoms with Crippen molar-refractivity contribution in [3.8, 4) is 0 Å². The summed E-state index contributed by atoms with van der Waals surface area (Å²) in [6.07, 6.45) is 5.35. The summed E-state index contributed by atoms with van der Waals surface area (Å²) in [6.45, 7) is 1.11. The Labute approximate surface area is 120 Å². The molecule has 20 heavy (non-hydrogen) atoms. The Morgan fingerprint density at radius 1 is 1.05 bits per heavy atom. The van der Waals surface area contributed by atoms with Crippen molar-refractivity contribution in [1.82, 2.24) is 4.98 Å². The molecule has 0 saturated heterocycles. The number of nitrogens with zero attached hydrogens (tertiary/aromatic N) is 1. The van der Waals surface area contributed by atoms with Gasteiger partial charge in [0.05, 0.1) is 5.69 Å². The minimum atomic E-state index is 0.346. The molecule has 4 N–H and O–H groups in total. The van der Waals surface area contributed by atoms with E-state index in [1.165, 1.54) is 34.4 Å². The van der Waals surface area contributed by atoms with Gasteiger partial charge in [0.2, 0.25) is 0 Å². The van der Waals surface area contributed by atoms with Gasteiger partial charge in [0.1, 0.15) is 0 Å². The number of aryl methyl sites for hydroxylation is 1. The molecular formula is C17H21N3. The van der Waals surface area contributed by atoms with Crippen LogP contribution in [0.1, 0.15) is 46.7 Å². The molecule has 1 unspecified atom stereocenters. The van der Waals surface area contributed by atoms with Crippen molar-refractivity contribution in [3.63, 3.8) is 0 Å². The molecule has 3 nitrogen and oxygen atoms in total. The van der Waals surface area contributed by atoms with E-state index in [9.17, 15) is 0 Å². The van der Waals surface area contributed by atoms with Crippen LogP contribution in [-0.4, -0.2) is 4.98 Å². The molecule has 3 heteroatoms. The van der Waals surface area contributed by atoms with E-state index in [0.717, 1.165) is 12.8 Å². The van der Waals surface area contributed by atoms with E-state index in [-0.39, 0.29) is 0 Å². The normalized spacial score (nSPS) is 17.8. The van der Waals surface area contributed by atoms with Gasteiger partial charge in [-0.05, 0) is 47.6 Å². The first-order valence-electron chi connectivity index (χ1n) is 7.29. The number of rotatable bonds is 3. The van der Waals surface area contributed by atoms with Gasteiger partial charge in [0.15, 0.2) is 0 Å². The van der Waals surface area contributed by atoms with Crippen LogP contribution in [0.2, 0.25) is 0 Å². The van der Waals surface area contributed by atoms with Crippen LogP contribution in [0.25, 0.3) is 0 Å². The zero-order valence-electron chi connectivity index (χ0n) is 11.7. The van der Waals surface area contributed by atoms with E-state index in [1.807, 2.05) is 12.3 Å². The standard InChI is InChI=1S/C17H21N3/c18-10-13-5-1-6-14(11-19)16(13)15-8-2-4-12-7-3-9-20-17(12)15/h1,3,5-7,9,15H,2,4,8,10-11,18-19H2. The first kappa shape index (κ1) is 13.3. The first-order valence-corrected chi connectivity index (χ1v) is 7.29. The average molecular weight is 267 g/mol. The third kappa shape index (κ3) is 2.23. The second-order valence-electron chi connectivity index (χ2n) is 5.39. The molecule has 1 aliphatic rings. The zero-order valence-corrected chi connectivity index (χ0v) is 11.7. The fourth-order valence-corrected chi connectivity index (χ4v) is 3.36. The van der Waals surface area contributed by atoms with Gasteiger partial charge >= 0.3 is 0 Å². The van der Waals surface area contributed by atoms with Crippen molar-refractivity contribution in [2.24, 2.45) is 11.5 Å². The van der Waals surface area contributed by atoms with E-state index in [2.05, 4.69) is 29.2 Å². The van der Waals surface area contributed by atoms with Gasteiger partial charge in [-0.1, -0.05) is 24.3 Å². The SMILES string of the molecule is NCc1cccc(CN)c1C1CCCc2cccnc21. The van der Waals surface area contributed by atoms with Gasteiger partial charge in [0, 0.05) is 25.2 Å². The Hall–Kier alpha value is -1.71. The van der Waals surface area contributed by atoms with Gasteiger partial charge in [-0.15, -0.1) is 0 Å². The van der Waals surface area contributed by atoms with Crippen LogP contribution in [0, 0.1) is 0 Å². The largest absolute Gasteiger partial charge is 0.326 e. The Bertz CT molecular complexity index is 585. The zero-order chi connectivity index (χ0) is 13.9. The van der Waals surface area contributed by atoms with E-state index >= 15 is 0 Å². The van der Waals surface area contributed by atoms with Crippen LogP contribution in [-0.2, 0) is 19.5 Å². The van der Waals surface area contributed by atoms with Gasteiger partial charge in [-0.2, -0.15) is 0 Å². The molecule has 1 atom stereocenters. The number of pyridine rings is 1. The Kier molecular flexibility index (Phi) is 3.81. The maximum Gasteiger partial charge on any atom is 0.0510 e. The third-order valence-electron chi connectivity index (χ3n) is 4.27. The lowest BCUT2D eigenvalue weighted by atomic mass is 9.78. The molecule has 1 aromatic heterocycles. The van der Waals surface area contributed by atoms with Gasteiger partial charge < -0.3 is 11.5 Å². The number of aromatic nitrogens is 1. The maximum atomic E-state index is 5.94. The quantitative estimate of drug-likeness (QED) is 0.898. The summed E-state index contributed by atoms with van der Waals surface area (Å²) in [4.78, 5) is 4.65. The van der Waals surface area contributed by atoms with Crippen molar-refractivity contribution in [2.75, 3.05) is 0 Å². The third-order valence-corrected chi connectivity index (χ3v) is 4.27. The summed E-state index contributed by atoms with van der Waals surface area (Å²) in [5.41, 5.74) is 18.2. The van der Waals surface area contributed by atoms with Gasteiger partial charge in [-0.25, -0.2) is 0 Å². The van der Waals surface area contributed by atoms with Crippen LogP contribution >= 0.6 is 0 Å². The second-order valence-corrected chi connectivity index (χ2v) is 5.39. The first-order chi connectivity index (χ1) is 9.85. The molecule has 0 fully saturated rings. The lowest BCUT2D eigenvalue weighted by Crippen LogP contribution is -2.18. The molecule has 0 bridgehead atoms.